The number of ether oxygens (including phenoxy) is 3. The van der Waals surface area contributed by atoms with Gasteiger partial charge in [0.2, 0.25) is 0 Å². The number of benzene rings is 1. The lowest BCUT2D eigenvalue weighted by molar-refractivity contribution is -0.277. The van der Waals surface area contributed by atoms with E-state index in [0.29, 0.717) is 12.1 Å². The zero-order chi connectivity index (χ0) is 16.4. The lowest BCUT2D eigenvalue weighted by Crippen LogP contribution is -2.21. The van der Waals surface area contributed by atoms with Gasteiger partial charge in [0.15, 0.2) is 0 Å². The quantitative estimate of drug-likeness (QED) is 0.584. The second-order valence-electron chi connectivity index (χ2n) is 3.37. The van der Waals surface area contributed by atoms with Gasteiger partial charge in [0.25, 0.3) is 0 Å². The maximum Gasteiger partial charge on any atom is 0.573 e. The Labute approximate surface area is 121 Å². The SMILES string of the molecule is COC(=O)c1cc(OC(F)(F)F)c(Br)cc1OC(F)(F)F. The monoisotopic (exact) mass is 382 g/mol. The molecule has 0 saturated carbocycles. The van der Waals surface area contributed by atoms with Crippen molar-refractivity contribution >= 4 is 21.9 Å². The normalized spacial score (nSPS) is 12.0. The molecule has 0 N–H and O–H groups in total. The number of alkyl halides is 6. The van der Waals surface area contributed by atoms with Crippen molar-refractivity contribution in [2.45, 2.75) is 12.7 Å². The second kappa shape index (κ2) is 6.00. The molecule has 1 rings (SSSR count). The van der Waals surface area contributed by atoms with E-state index in [1.54, 1.807) is 0 Å². The number of carbonyl (C=O) groups is 1. The maximum absolute atomic E-state index is 12.2. The lowest BCUT2D eigenvalue weighted by atomic mass is 10.2. The zero-order valence-corrected chi connectivity index (χ0v) is 11.5. The van der Waals surface area contributed by atoms with Crippen molar-refractivity contribution in [3.8, 4) is 11.5 Å². The van der Waals surface area contributed by atoms with Crippen molar-refractivity contribution in [1.29, 1.82) is 0 Å². The third-order valence-electron chi connectivity index (χ3n) is 1.89. The summed E-state index contributed by atoms with van der Waals surface area (Å²) >= 11 is 2.59. The van der Waals surface area contributed by atoms with Crippen LogP contribution in [0, 0.1) is 0 Å². The Hall–Kier alpha value is -1.65. The van der Waals surface area contributed by atoms with E-state index in [1.807, 2.05) is 0 Å². The van der Waals surface area contributed by atoms with Gasteiger partial charge in [-0.1, -0.05) is 0 Å². The fraction of sp³-hybridized carbons (Fsp3) is 0.300. The number of halogens is 7. The van der Waals surface area contributed by atoms with Crippen LogP contribution in [0.4, 0.5) is 26.3 Å². The van der Waals surface area contributed by atoms with Crippen molar-refractivity contribution in [1.82, 2.24) is 0 Å². The van der Waals surface area contributed by atoms with Gasteiger partial charge in [0, 0.05) is 0 Å². The van der Waals surface area contributed by atoms with E-state index in [-0.39, 0.29) is 0 Å². The van der Waals surface area contributed by atoms with E-state index in [2.05, 4.69) is 30.1 Å². The Balaban J connectivity index is 3.33. The molecule has 0 aromatic heterocycles. The molecule has 118 valence electrons. The molecule has 0 spiro atoms. The molecule has 0 unspecified atom stereocenters. The predicted molar refractivity (Wildman–Crippen MR) is 58.8 cm³/mol. The fourth-order valence-corrected chi connectivity index (χ4v) is 1.62. The van der Waals surface area contributed by atoms with Gasteiger partial charge in [-0.15, -0.1) is 26.3 Å². The Kier molecular flexibility index (Phi) is 4.97. The Bertz CT molecular complexity index is 540. The summed E-state index contributed by atoms with van der Waals surface area (Å²) in [6.45, 7) is 0. The first-order valence-electron chi connectivity index (χ1n) is 4.86. The van der Waals surface area contributed by atoms with Crippen LogP contribution in [0.5, 0.6) is 11.5 Å². The standard InChI is InChI=1S/C10H5BrF6O4/c1-19-8(18)4-2-7(21-10(15,16)17)5(11)3-6(4)20-9(12,13)14/h2-3H,1H3. The highest BCUT2D eigenvalue weighted by Crippen LogP contribution is 2.38. The van der Waals surface area contributed by atoms with E-state index in [1.165, 1.54) is 0 Å². The molecule has 0 atom stereocenters. The van der Waals surface area contributed by atoms with Gasteiger partial charge in [0.05, 0.1) is 11.6 Å². The molecule has 0 heterocycles. The minimum atomic E-state index is -5.14. The van der Waals surface area contributed by atoms with Crippen LogP contribution in [0.25, 0.3) is 0 Å². The van der Waals surface area contributed by atoms with Crippen molar-refractivity contribution in [3.63, 3.8) is 0 Å². The molecule has 0 amide bonds. The zero-order valence-electron chi connectivity index (χ0n) is 9.93. The topological polar surface area (TPSA) is 44.8 Å². The van der Waals surface area contributed by atoms with Gasteiger partial charge in [0.1, 0.15) is 17.1 Å². The van der Waals surface area contributed by atoms with E-state index in [0.717, 1.165) is 7.11 Å². The van der Waals surface area contributed by atoms with Crippen LogP contribution in [0.15, 0.2) is 16.6 Å². The van der Waals surface area contributed by atoms with E-state index < -0.39 is 40.2 Å². The summed E-state index contributed by atoms with van der Waals surface area (Å²) in [6, 6.07) is 0.936. The minimum absolute atomic E-state index is 0.421. The van der Waals surface area contributed by atoms with E-state index in [4.69, 9.17) is 0 Å². The summed E-state index contributed by atoms with van der Waals surface area (Å²) in [7, 11) is 0.839. The summed E-state index contributed by atoms with van der Waals surface area (Å²) in [4.78, 5) is 11.3. The van der Waals surface area contributed by atoms with Gasteiger partial charge in [-0.05, 0) is 28.1 Å². The van der Waals surface area contributed by atoms with Crippen LogP contribution in [0.1, 0.15) is 10.4 Å². The lowest BCUT2D eigenvalue weighted by Gasteiger charge is -2.16. The van der Waals surface area contributed by atoms with E-state index in [9.17, 15) is 31.1 Å². The summed E-state index contributed by atoms with van der Waals surface area (Å²) in [5.41, 5.74) is -0.878. The minimum Gasteiger partial charge on any atom is -0.465 e. The number of methoxy groups -OCH3 is 1. The molecule has 4 nitrogen and oxygen atoms in total. The van der Waals surface area contributed by atoms with Crippen LogP contribution >= 0.6 is 15.9 Å². The molecule has 0 saturated heterocycles. The molecule has 0 aliphatic rings. The first-order chi connectivity index (χ1) is 9.43. The smallest absolute Gasteiger partial charge is 0.465 e. The van der Waals surface area contributed by atoms with Crippen LogP contribution in [-0.4, -0.2) is 25.8 Å². The average Bonchev–Trinajstić information content (AvgIpc) is 2.28. The average molecular weight is 383 g/mol. The highest BCUT2D eigenvalue weighted by atomic mass is 79.9. The van der Waals surface area contributed by atoms with Gasteiger partial charge >= 0.3 is 18.7 Å². The number of hydrogen-bond donors (Lipinski definition) is 0. The van der Waals surface area contributed by atoms with Crippen molar-refractivity contribution < 1.29 is 45.3 Å². The number of hydrogen-bond acceptors (Lipinski definition) is 4. The van der Waals surface area contributed by atoms with Crippen molar-refractivity contribution in [3.05, 3.63) is 22.2 Å². The van der Waals surface area contributed by atoms with Crippen LogP contribution < -0.4 is 9.47 Å². The summed E-state index contributed by atoms with van der Waals surface area (Å²) in [5, 5.41) is 0. The molecule has 11 heteroatoms. The summed E-state index contributed by atoms with van der Waals surface area (Å²) in [6.07, 6.45) is -10.2. The molecule has 1 aromatic rings. The predicted octanol–water partition coefficient (Wildman–Crippen LogP) is 4.03. The third-order valence-corrected chi connectivity index (χ3v) is 2.51. The molecule has 21 heavy (non-hydrogen) atoms. The van der Waals surface area contributed by atoms with Gasteiger partial charge < -0.3 is 14.2 Å². The van der Waals surface area contributed by atoms with Crippen LogP contribution in [-0.2, 0) is 4.74 Å². The molecule has 1 aromatic carbocycles. The molecule has 0 aliphatic carbocycles. The maximum atomic E-state index is 12.2. The second-order valence-corrected chi connectivity index (χ2v) is 4.22. The molecule has 0 fully saturated rings. The Morgan fingerprint density at radius 1 is 1.00 bits per heavy atom. The van der Waals surface area contributed by atoms with Crippen molar-refractivity contribution in [2.24, 2.45) is 0 Å². The first kappa shape index (κ1) is 17.4. The third kappa shape index (κ3) is 5.33. The van der Waals surface area contributed by atoms with E-state index >= 15 is 0 Å². The largest absolute Gasteiger partial charge is 0.573 e. The number of carbonyl (C=O) groups excluding carboxylic acids is 1. The molecular weight excluding hydrogens is 378 g/mol. The van der Waals surface area contributed by atoms with Gasteiger partial charge in [-0.3, -0.25) is 0 Å². The first-order valence-corrected chi connectivity index (χ1v) is 5.65. The fourth-order valence-electron chi connectivity index (χ4n) is 1.22. The molecule has 0 aliphatic heterocycles. The van der Waals surface area contributed by atoms with Gasteiger partial charge in [-0.25, -0.2) is 4.79 Å². The summed E-state index contributed by atoms with van der Waals surface area (Å²) < 4.78 is 83.8. The summed E-state index contributed by atoms with van der Waals surface area (Å²) in [5.74, 6) is -3.28. The van der Waals surface area contributed by atoms with Gasteiger partial charge in [-0.2, -0.15) is 0 Å². The molecular formula is C10H5BrF6O4. The van der Waals surface area contributed by atoms with Crippen LogP contribution in [0.2, 0.25) is 0 Å². The Morgan fingerprint density at radius 2 is 1.48 bits per heavy atom. The highest BCUT2D eigenvalue weighted by Gasteiger charge is 2.36. The highest BCUT2D eigenvalue weighted by molar-refractivity contribution is 9.10. The van der Waals surface area contributed by atoms with Crippen LogP contribution in [0.3, 0.4) is 0 Å². The Morgan fingerprint density at radius 3 is 1.90 bits per heavy atom. The number of esters is 1. The number of rotatable bonds is 3. The molecule has 0 radical (unpaired) electrons. The molecule has 0 bridgehead atoms. The van der Waals surface area contributed by atoms with Crippen molar-refractivity contribution in [2.75, 3.05) is 7.11 Å².